The van der Waals surface area contributed by atoms with Gasteiger partial charge in [-0.1, -0.05) is 0 Å². The van der Waals surface area contributed by atoms with Crippen LogP contribution in [-0.2, 0) is 52.7 Å². The summed E-state index contributed by atoms with van der Waals surface area (Å²) in [7, 11) is 0. The number of guanidine groups is 2. The van der Waals surface area contributed by atoms with E-state index in [9.17, 15) is 73.2 Å². The van der Waals surface area contributed by atoms with Crippen LogP contribution >= 0.6 is 0 Å². The van der Waals surface area contributed by atoms with E-state index in [1.807, 2.05) is 0 Å². The van der Waals surface area contributed by atoms with Gasteiger partial charge >= 0.3 is 5.97 Å². The number of carbonyl (C=O) groups excluding carboxylic acids is 10. The fraction of sp³-hybridized carbons (Fsp3) is 0.717. The summed E-state index contributed by atoms with van der Waals surface area (Å²) in [5.74, 6) is -11.9. The fourth-order valence-electron chi connectivity index (χ4n) is 7.17. The predicted octanol–water partition coefficient (Wildman–Crippen LogP) is -9.81. The summed E-state index contributed by atoms with van der Waals surface area (Å²) in [6.07, 6.45) is -3.14. The first-order chi connectivity index (χ1) is 37.5. The molecule has 0 rings (SSSR count). The van der Waals surface area contributed by atoms with E-state index in [4.69, 9.17) is 45.9 Å². The number of aliphatic carboxylic acids is 1. The number of rotatable bonds is 41. The van der Waals surface area contributed by atoms with Gasteiger partial charge in [-0.3, -0.25) is 57.9 Å². The molecule has 0 saturated heterocycles. The Bertz CT molecular complexity index is 2110. The Labute approximate surface area is 463 Å². The number of nitrogens with one attached hydrogen (secondary N) is 9. The molecule has 0 bridgehead atoms. The van der Waals surface area contributed by atoms with Crippen molar-refractivity contribution < 1.29 is 73.2 Å². The molecule has 0 aromatic rings. The van der Waals surface area contributed by atoms with Gasteiger partial charge in [0.1, 0.15) is 54.4 Å². The summed E-state index contributed by atoms with van der Waals surface area (Å²) in [5, 5.41) is 61.5. The van der Waals surface area contributed by atoms with Crippen molar-refractivity contribution in [2.45, 2.75) is 177 Å². The maximum atomic E-state index is 14.0. The van der Waals surface area contributed by atoms with Gasteiger partial charge in [0.25, 0.3) is 0 Å². The van der Waals surface area contributed by atoms with Crippen LogP contribution in [0.5, 0.6) is 0 Å². The lowest BCUT2D eigenvalue weighted by atomic mass is 10.0. The Morgan fingerprint density at radius 2 is 0.750 bits per heavy atom. The van der Waals surface area contributed by atoms with E-state index >= 15 is 0 Å². The van der Waals surface area contributed by atoms with E-state index in [-0.39, 0.29) is 83.0 Å². The fourth-order valence-corrected chi connectivity index (χ4v) is 7.17. The molecule has 0 aliphatic rings. The highest BCUT2D eigenvalue weighted by molar-refractivity contribution is 5.99. The molecule has 0 spiro atoms. The molecule has 0 fully saturated rings. The molecule has 0 aromatic heterocycles. The average molecular weight is 1150 g/mol. The van der Waals surface area contributed by atoms with Crippen molar-refractivity contribution in [1.82, 2.24) is 47.9 Å². The van der Waals surface area contributed by atoms with Crippen LogP contribution in [0.1, 0.15) is 105 Å². The number of carboxylic acids is 1. The van der Waals surface area contributed by atoms with Crippen molar-refractivity contribution in [3.8, 4) is 0 Å². The zero-order chi connectivity index (χ0) is 61.2. The second kappa shape index (κ2) is 38.9. The van der Waals surface area contributed by atoms with Gasteiger partial charge in [0.05, 0.1) is 24.9 Å². The third-order valence-electron chi connectivity index (χ3n) is 11.7. The van der Waals surface area contributed by atoms with Gasteiger partial charge in [-0.15, -0.1) is 0 Å². The number of aliphatic imine (C=N–C) groups is 2. The van der Waals surface area contributed by atoms with Gasteiger partial charge in [0.2, 0.25) is 59.1 Å². The van der Waals surface area contributed by atoms with Gasteiger partial charge in [-0.05, 0) is 111 Å². The Kier molecular flexibility index (Phi) is 35.3. The molecule has 0 radical (unpaired) electrons. The van der Waals surface area contributed by atoms with Gasteiger partial charge in [0.15, 0.2) is 11.9 Å². The number of carbonyl (C=O) groups is 11. The number of nitrogens with two attached hydrogens (primary N) is 8. The molecule has 12 atom stereocenters. The first-order valence-corrected chi connectivity index (χ1v) is 26.0. The number of carboxylic acid groups (broad SMARTS) is 1. The lowest BCUT2D eigenvalue weighted by Crippen LogP contribution is -2.62. The molecule has 0 aromatic carbocycles. The van der Waals surface area contributed by atoms with E-state index < -0.39 is 157 Å². The molecule has 0 aliphatic heterocycles. The van der Waals surface area contributed by atoms with Crippen LogP contribution in [0.15, 0.2) is 9.98 Å². The maximum absolute atomic E-state index is 14.0. The van der Waals surface area contributed by atoms with Crippen LogP contribution < -0.4 is 93.7 Å². The topological polar surface area (TPSA) is 610 Å². The van der Waals surface area contributed by atoms with Crippen molar-refractivity contribution in [2.24, 2.45) is 55.9 Å². The number of primary amides is 1. The van der Waals surface area contributed by atoms with E-state index in [0.717, 1.165) is 6.92 Å². The third kappa shape index (κ3) is 29.4. The molecular formula is C46H87N19O15. The quantitative estimate of drug-likeness (QED) is 0.0154. The van der Waals surface area contributed by atoms with Crippen LogP contribution in [0.25, 0.3) is 0 Å². The molecule has 80 heavy (non-hydrogen) atoms. The minimum atomic E-state index is -1.87. The normalized spacial score (nSPS) is 15.5. The Morgan fingerprint density at radius 3 is 1.09 bits per heavy atom. The number of aliphatic hydroxyl groups is 3. The van der Waals surface area contributed by atoms with E-state index in [2.05, 4.69) is 57.8 Å². The van der Waals surface area contributed by atoms with Crippen molar-refractivity contribution in [1.29, 1.82) is 0 Å². The molecule has 456 valence electrons. The zero-order valence-electron chi connectivity index (χ0n) is 45.7. The second-order valence-corrected chi connectivity index (χ2v) is 18.8. The molecule has 34 nitrogen and oxygen atoms in total. The minimum Gasteiger partial charge on any atom is -0.480 e. The number of unbranched alkanes of at least 4 members (excludes halogenated alkanes) is 2. The summed E-state index contributed by atoms with van der Waals surface area (Å²) >= 11 is 0. The van der Waals surface area contributed by atoms with Crippen molar-refractivity contribution in [2.75, 3.05) is 32.8 Å². The number of aliphatic hydroxyl groups excluding tert-OH is 3. The van der Waals surface area contributed by atoms with Crippen LogP contribution in [0.2, 0.25) is 0 Å². The van der Waals surface area contributed by atoms with Gasteiger partial charge in [-0.25, -0.2) is 4.79 Å². The van der Waals surface area contributed by atoms with E-state index in [1.165, 1.54) is 20.8 Å². The summed E-state index contributed by atoms with van der Waals surface area (Å²) < 4.78 is 0. The number of nitrogens with zero attached hydrogens (tertiary/aromatic N) is 2. The van der Waals surface area contributed by atoms with Crippen molar-refractivity contribution in [3.63, 3.8) is 0 Å². The summed E-state index contributed by atoms with van der Waals surface area (Å²) in [6, 6.07) is -15.2. The number of hydrogen-bond donors (Lipinski definition) is 21. The van der Waals surface area contributed by atoms with E-state index in [0.29, 0.717) is 19.3 Å². The zero-order valence-corrected chi connectivity index (χ0v) is 45.7. The highest BCUT2D eigenvalue weighted by Gasteiger charge is 2.37. The Balaban J connectivity index is 6.63. The van der Waals surface area contributed by atoms with Crippen LogP contribution in [0.3, 0.4) is 0 Å². The third-order valence-corrected chi connectivity index (χ3v) is 11.7. The molecule has 0 heterocycles. The lowest BCUT2D eigenvalue weighted by molar-refractivity contribution is -0.143. The van der Waals surface area contributed by atoms with Crippen LogP contribution in [-0.4, -0.2) is 203 Å². The predicted molar refractivity (Wildman–Crippen MR) is 289 cm³/mol. The Hall–Kier alpha value is -7.53. The molecule has 0 aliphatic carbocycles. The first-order valence-electron chi connectivity index (χ1n) is 26.0. The van der Waals surface area contributed by atoms with Gasteiger partial charge in [0, 0.05) is 19.5 Å². The largest absolute Gasteiger partial charge is 0.480 e. The molecule has 0 saturated carbocycles. The van der Waals surface area contributed by atoms with Crippen molar-refractivity contribution >= 4 is 77.0 Å². The lowest BCUT2D eigenvalue weighted by Gasteiger charge is -2.29. The van der Waals surface area contributed by atoms with Crippen LogP contribution in [0.4, 0.5) is 0 Å². The Morgan fingerprint density at radius 1 is 0.425 bits per heavy atom. The SMILES string of the molecule is C[C@H](N)C(=O)N[C@@H](CCCN=C(N)N)C(=O)N[C@H](C(=O)N[C@@H](CCCCN)C(=O)N[C@@H](CCC(N)=O)C(=O)N[C@H](C(=O)N[C@@H](C)C(=O)N[C@@H](CCCN=C(N)N)C(=O)N[C@@H](CCCCN)C(=O)N[C@@H](CO)C(=O)O)[C@@H](C)O)[C@@H](C)O. The standard InChI is InChI=1S/C46H87N19O15/c1-22(49)35(70)58-29(14-10-20-56-46(53)54)40(75)65-34(25(4)68)43(78)62-27(12-6-8-18-48)37(72)61-30(15-16-32(50)69)41(76)64-33(24(3)67)42(77)57-23(2)36(71)59-28(13-9-19-55-45(51)52)38(73)60-26(11-5-7-17-47)39(74)63-31(21-66)44(79)80/h22-31,33-34,66-68H,5-21,47-49H2,1-4H3,(H2,50,69)(H,57,77)(H,58,70)(H,59,71)(H,60,73)(H,61,72)(H,62,78)(H,63,74)(H,64,76)(H,65,75)(H,79,80)(H4,51,52,55)(H4,53,54,56)/t22-,23-,24+,25+,26-,27-,28-,29-,30-,31-,33-,34-/m0/s1. The first kappa shape index (κ1) is 72.5. The second-order valence-electron chi connectivity index (χ2n) is 18.8. The number of hydrogen-bond acceptors (Lipinski definition) is 19. The highest BCUT2D eigenvalue weighted by atomic mass is 16.4. The van der Waals surface area contributed by atoms with Gasteiger partial charge < -0.3 is 114 Å². The van der Waals surface area contributed by atoms with Crippen LogP contribution in [0, 0.1) is 0 Å². The van der Waals surface area contributed by atoms with Crippen molar-refractivity contribution in [3.05, 3.63) is 0 Å². The van der Waals surface area contributed by atoms with E-state index in [1.54, 1.807) is 0 Å². The summed E-state index contributed by atoms with van der Waals surface area (Å²) in [5.41, 5.74) is 43.9. The van der Waals surface area contributed by atoms with Gasteiger partial charge in [-0.2, -0.15) is 0 Å². The summed E-state index contributed by atoms with van der Waals surface area (Å²) in [4.78, 5) is 153. The average Bonchev–Trinajstić information content (AvgIpc) is 3.37. The number of amides is 10. The molecule has 10 amide bonds. The summed E-state index contributed by atoms with van der Waals surface area (Å²) in [6.45, 7) is 4.29. The highest BCUT2D eigenvalue weighted by Crippen LogP contribution is 2.10. The molecule has 34 heteroatoms. The monoisotopic (exact) mass is 1150 g/mol. The molecule has 29 N–H and O–H groups in total. The molecular weight excluding hydrogens is 1060 g/mol. The minimum absolute atomic E-state index is 0.0149. The smallest absolute Gasteiger partial charge is 0.328 e. The maximum Gasteiger partial charge on any atom is 0.328 e. The molecule has 0 unspecified atom stereocenters.